The number of benzene rings is 1. The predicted molar refractivity (Wildman–Crippen MR) is 73.8 cm³/mol. The SMILES string of the molecule is OC1CCCC(CNCc2ccc(Br)c(F)c2)C1. The highest BCUT2D eigenvalue weighted by Crippen LogP contribution is 2.23. The van der Waals surface area contributed by atoms with Crippen molar-refractivity contribution in [3.8, 4) is 0 Å². The lowest BCUT2D eigenvalue weighted by molar-refractivity contribution is 0.101. The maximum Gasteiger partial charge on any atom is 0.137 e. The quantitative estimate of drug-likeness (QED) is 0.894. The van der Waals surface area contributed by atoms with Gasteiger partial charge in [-0.05, 0) is 65.4 Å². The number of hydrogen-bond acceptors (Lipinski definition) is 2. The molecule has 1 aliphatic rings. The Kier molecular flexibility index (Phi) is 5.15. The molecule has 2 nitrogen and oxygen atoms in total. The third-order valence-electron chi connectivity index (χ3n) is 3.50. The Morgan fingerprint density at radius 2 is 2.22 bits per heavy atom. The van der Waals surface area contributed by atoms with Crippen LogP contribution in [0.2, 0.25) is 0 Å². The van der Waals surface area contributed by atoms with Crippen molar-refractivity contribution < 1.29 is 9.50 Å². The Hall–Kier alpha value is -0.450. The van der Waals surface area contributed by atoms with Crippen molar-refractivity contribution in [2.45, 2.75) is 38.3 Å². The minimum Gasteiger partial charge on any atom is -0.393 e. The molecular formula is C14H19BrFNO. The van der Waals surface area contributed by atoms with Crippen LogP contribution in [0.5, 0.6) is 0 Å². The van der Waals surface area contributed by atoms with Crippen LogP contribution in [0.15, 0.2) is 22.7 Å². The second-order valence-corrected chi connectivity index (χ2v) is 5.92. The molecule has 0 heterocycles. The van der Waals surface area contributed by atoms with Gasteiger partial charge in [0.1, 0.15) is 5.82 Å². The zero-order valence-corrected chi connectivity index (χ0v) is 11.9. The van der Waals surface area contributed by atoms with Crippen molar-refractivity contribution in [3.05, 3.63) is 34.1 Å². The molecule has 0 saturated heterocycles. The van der Waals surface area contributed by atoms with E-state index in [0.29, 0.717) is 16.9 Å². The Morgan fingerprint density at radius 1 is 1.39 bits per heavy atom. The molecule has 1 aromatic carbocycles. The summed E-state index contributed by atoms with van der Waals surface area (Å²) in [6.07, 6.45) is 3.99. The highest BCUT2D eigenvalue weighted by Gasteiger charge is 2.19. The molecule has 0 bridgehead atoms. The van der Waals surface area contributed by atoms with E-state index in [1.165, 1.54) is 6.42 Å². The lowest BCUT2D eigenvalue weighted by atomic mass is 9.87. The molecule has 1 aliphatic carbocycles. The van der Waals surface area contributed by atoms with Crippen LogP contribution in [-0.4, -0.2) is 17.8 Å². The first-order valence-electron chi connectivity index (χ1n) is 6.48. The first-order chi connectivity index (χ1) is 8.65. The van der Waals surface area contributed by atoms with E-state index in [1.54, 1.807) is 12.1 Å². The van der Waals surface area contributed by atoms with E-state index < -0.39 is 0 Å². The Balaban J connectivity index is 1.76. The van der Waals surface area contributed by atoms with Crippen LogP contribution in [0.3, 0.4) is 0 Å². The van der Waals surface area contributed by atoms with Gasteiger partial charge in [0.05, 0.1) is 10.6 Å². The fourth-order valence-corrected chi connectivity index (χ4v) is 2.76. The Morgan fingerprint density at radius 3 is 2.94 bits per heavy atom. The van der Waals surface area contributed by atoms with Gasteiger partial charge in [-0.3, -0.25) is 0 Å². The Bertz CT molecular complexity index is 399. The summed E-state index contributed by atoms with van der Waals surface area (Å²) < 4.78 is 13.8. The molecule has 0 spiro atoms. The summed E-state index contributed by atoms with van der Waals surface area (Å²) in [4.78, 5) is 0. The summed E-state index contributed by atoms with van der Waals surface area (Å²) in [6.45, 7) is 1.57. The van der Waals surface area contributed by atoms with Gasteiger partial charge in [0.25, 0.3) is 0 Å². The van der Waals surface area contributed by atoms with E-state index in [1.807, 2.05) is 6.07 Å². The predicted octanol–water partition coefficient (Wildman–Crippen LogP) is 3.23. The van der Waals surface area contributed by atoms with Gasteiger partial charge in [0.2, 0.25) is 0 Å². The highest BCUT2D eigenvalue weighted by molar-refractivity contribution is 9.10. The van der Waals surface area contributed by atoms with E-state index in [4.69, 9.17) is 0 Å². The maximum atomic E-state index is 13.3. The fraction of sp³-hybridized carbons (Fsp3) is 0.571. The summed E-state index contributed by atoms with van der Waals surface area (Å²) in [5.74, 6) is 0.330. The lowest BCUT2D eigenvalue weighted by Crippen LogP contribution is -2.28. The van der Waals surface area contributed by atoms with Crippen molar-refractivity contribution in [2.24, 2.45) is 5.92 Å². The van der Waals surface area contributed by atoms with Crippen LogP contribution in [-0.2, 0) is 6.54 Å². The molecule has 2 unspecified atom stereocenters. The molecule has 4 heteroatoms. The van der Waals surface area contributed by atoms with E-state index in [2.05, 4.69) is 21.2 Å². The van der Waals surface area contributed by atoms with Crippen molar-refractivity contribution in [3.63, 3.8) is 0 Å². The number of nitrogens with one attached hydrogen (secondary N) is 1. The normalized spacial score (nSPS) is 24.2. The third kappa shape index (κ3) is 4.04. The molecule has 18 heavy (non-hydrogen) atoms. The van der Waals surface area contributed by atoms with Crippen molar-refractivity contribution in [1.29, 1.82) is 0 Å². The van der Waals surface area contributed by atoms with Gasteiger partial charge in [-0.15, -0.1) is 0 Å². The number of aliphatic hydroxyl groups excluding tert-OH is 1. The van der Waals surface area contributed by atoms with E-state index in [-0.39, 0.29) is 11.9 Å². The minimum atomic E-state index is -0.220. The topological polar surface area (TPSA) is 32.3 Å². The number of rotatable bonds is 4. The van der Waals surface area contributed by atoms with Crippen LogP contribution >= 0.6 is 15.9 Å². The van der Waals surface area contributed by atoms with Gasteiger partial charge >= 0.3 is 0 Å². The second-order valence-electron chi connectivity index (χ2n) is 5.07. The van der Waals surface area contributed by atoms with Crippen molar-refractivity contribution in [1.82, 2.24) is 5.32 Å². The van der Waals surface area contributed by atoms with Crippen LogP contribution in [0.1, 0.15) is 31.2 Å². The molecule has 0 aliphatic heterocycles. The molecule has 0 radical (unpaired) electrons. The van der Waals surface area contributed by atoms with E-state index in [0.717, 1.165) is 31.4 Å². The zero-order valence-electron chi connectivity index (χ0n) is 10.3. The molecule has 0 aromatic heterocycles. The molecule has 1 saturated carbocycles. The molecular weight excluding hydrogens is 297 g/mol. The molecule has 2 atom stereocenters. The summed E-state index contributed by atoms with van der Waals surface area (Å²) in [7, 11) is 0. The molecule has 2 N–H and O–H groups in total. The Labute approximate surface area is 116 Å². The van der Waals surface area contributed by atoms with Crippen LogP contribution < -0.4 is 5.32 Å². The number of aliphatic hydroxyl groups is 1. The molecule has 2 rings (SSSR count). The van der Waals surface area contributed by atoms with Crippen molar-refractivity contribution in [2.75, 3.05) is 6.54 Å². The van der Waals surface area contributed by atoms with E-state index >= 15 is 0 Å². The molecule has 1 aromatic rings. The summed E-state index contributed by atoms with van der Waals surface area (Å²) >= 11 is 3.14. The third-order valence-corrected chi connectivity index (χ3v) is 4.14. The smallest absolute Gasteiger partial charge is 0.137 e. The molecule has 100 valence electrons. The van der Waals surface area contributed by atoms with E-state index in [9.17, 15) is 9.50 Å². The largest absolute Gasteiger partial charge is 0.393 e. The molecule has 1 fully saturated rings. The second kappa shape index (κ2) is 6.64. The first-order valence-corrected chi connectivity index (χ1v) is 7.27. The molecule has 0 amide bonds. The van der Waals surface area contributed by atoms with Crippen molar-refractivity contribution >= 4 is 15.9 Å². The van der Waals surface area contributed by atoms with Gasteiger partial charge in [-0.1, -0.05) is 12.5 Å². The zero-order chi connectivity index (χ0) is 13.0. The van der Waals surface area contributed by atoms with Gasteiger partial charge in [-0.25, -0.2) is 4.39 Å². The van der Waals surface area contributed by atoms with Crippen LogP contribution in [0.25, 0.3) is 0 Å². The van der Waals surface area contributed by atoms with Crippen LogP contribution in [0.4, 0.5) is 4.39 Å². The minimum absolute atomic E-state index is 0.129. The lowest BCUT2D eigenvalue weighted by Gasteiger charge is -2.26. The van der Waals surface area contributed by atoms with Gasteiger partial charge in [0.15, 0.2) is 0 Å². The number of halogens is 2. The monoisotopic (exact) mass is 315 g/mol. The van der Waals surface area contributed by atoms with Crippen LogP contribution in [0, 0.1) is 11.7 Å². The average Bonchev–Trinajstić information content (AvgIpc) is 2.34. The summed E-state index contributed by atoms with van der Waals surface area (Å²) in [5.41, 5.74) is 0.951. The average molecular weight is 316 g/mol. The maximum absolute atomic E-state index is 13.3. The number of hydrogen-bond donors (Lipinski definition) is 2. The van der Waals surface area contributed by atoms with Gasteiger partial charge in [0, 0.05) is 6.54 Å². The summed E-state index contributed by atoms with van der Waals surface area (Å²) in [5, 5.41) is 12.9. The highest BCUT2D eigenvalue weighted by atomic mass is 79.9. The summed E-state index contributed by atoms with van der Waals surface area (Å²) in [6, 6.07) is 5.19. The standard InChI is InChI=1S/C14H19BrFNO/c15-13-5-4-11(7-14(13)16)9-17-8-10-2-1-3-12(18)6-10/h4-5,7,10,12,17-18H,1-3,6,8-9H2. The van der Waals surface area contributed by atoms with Gasteiger partial charge < -0.3 is 10.4 Å². The fourth-order valence-electron chi connectivity index (χ4n) is 2.52. The van der Waals surface area contributed by atoms with Gasteiger partial charge in [-0.2, -0.15) is 0 Å². The first kappa shape index (κ1) is 14.0.